The quantitative estimate of drug-likeness (QED) is 0.614. The number of anilines is 1. The van der Waals surface area contributed by atoms with Crippen molar-refractivity contribution in [3.05, 3.63) is 48.0 Å². The Kier molecular flexibility index (Phi) is 6.19. The van der Waals surface area contributed by atoms with E-state index in [0.717, 1.165) is 41.3 Å². The number of para-hydroxylation sites is 1. The first-order valence-electron chi connectivity index (χ1n) is 8.93. The van der Waals surface area contributed by atoms with Crippen molar-refractivity contribution in [2.45, 2.75) is 19.8 Å². The minimum atomic E-state index is 0.369. The SMILES string of the molecule is CCOc1ccccc1CCN=C(N)Nc1ccc2c(c1)OCCCO2. The molecule has 3 N–H and O–H groups in total. The van der Waals surface area contributed by atoms with E-state index in [2.05, 4.69) is 10.3 Å². The molecule has 0 aromatic heterocycles. The van der Waals surface area contributed by atoms with E-state index in [0.29, 0.717) is 32.3 Å². The molecule has 0 spiro atoms. The highest BCUT2D eigenvalue weighted by atomic mass is 16.5. The highest BCUT2D eigenvalue weighted by molar-refractivity contribution is 5.92. The summed E-state index contributed by atoms with van der Waals surface area (Å²) < 4.78 is 16.9. The second kappa shape index (κ2) is 8.99. The van der Waals surface area contributed by atoms with E-state index < -0.39 is 0 Å². The zero-order valence-electron chi connectivity index (χ0n) is 15.0. The number of hydrogen-bond acceptors (Lipinski definition) is 4. The first kappa shape index (κ1) is 17.9. The molecule has 0 unspecified atom stereocenters. The van der Waals surface area contributed by atoms with E-state index in [1.54, 1.807) is 0 Å². The van der Waals surface area contributed by atoms with Gasteiger partial charge in [-0.3, -0.25) is 4.99 Å². The smallest absolute Gasteiger partial charge is 0.193 e. The molecular weight excluding hydrogens is 330 g/mol. The van der Waals surface area contributed by atoms with Gasteiger partial charge in [-0.05, 0) is 37.1 Å². The van der Waals surface area contributed by atoms with Gasteiger partial charge in [-0.15, -0.1) is 0 Å². The van der Waals surface area contributed by atoms with E-state index in [9.17, 15) is 0 Å². The van der Waals surface area contributed by atoms with Crippen molar-refractivity contribution >= 4 is 11.6 Å². The number of hydrogen-bond donors (Lipinski definition) is 2. The molecule has 0 fully saturated rings. The Hall–Kier alpha value is -2.89. The number of guanidine groups is 1. The number of aliphatic imine (C=N–C) groups is 1. The Morgan fingerprint density at radius 1 is 1.15 bits per heavy atom. The molecule has 0 atom stereocenters. The third kappa shape index (κ3) is 4.81. The summed E-state index contributed by atoms with van der Waals surface area (Å²) in [7, 11) is 0. The Bertz CT molecular complexity index is 762. The molecule has 0 saturated heterocycles. The zero-order chi connectivity index (χ0) is 18.2. The Labute approximate surface area is 154 Å². The lowest BCUT2D eigenvalue weighted by molar-refractivity contribution is 0.297. The molecule has 3 rings (SSSR count). The van der Waals surface area contributed by atoms with Crippen LogP contribution in [-0.4, -0.2) is 32.3 Å². The summed E-state index contributed by atoms with van der Waals surface area (Å²) in [5, 5.41) is 3.10. The highest BCUT2D eigenvalue weighted by Crippen LogP contribution is 2.32. The summed E-state index contributed by atoms with van der Waals surface area (Å²) >= 11 is 0. The summed E-state index contributed by atoms with van der Waals surface area (Å²) in [5.41, 5.74) is 7.96. The number of fused-ring (bicyclic) bond motifs is 1. The maximum Gasteiger partial charge on any atom is 0.193 e. The Morgan fingerprint density at radius 2 is 1.96 bits per heavy atom. The van der Waals surface area contributed by atoms with Gasteiger partial charge in [0.2, 0.25) is 0 Å². The normalized spacial score (nSPS) is 13.8. The van der Waals surface area contributed by atoms with E-state index in [1.807, 2.05) is 49.4 Å². The number of ether oxygens (including phenoxy) is 3. The summed E-state index contributed by atoms with van der Waals surface area (Å²) in [4.78, 5) is 4.40. The topological polar surface area (TPSA) is 78.1 Å². The van der Waals surface area contributed by atoms with Crippen molar-refractivity contribution < 1.29 is 14.2 Å². The van der Waals surface area contributed by atoms with Crippen molar-refractivity contribution in [1.29, 1.82) is 0 Å². The first-order valence-corrected chi connectivity index (χ1v) is 8.93. The summed E-state index contributed by atoms with van der Waals surface area (Å²) in [6.07, 6.45) is 1.64. The Balaban J connectivity index is 1.58. The van der Waals surface area contributed by atoms with Gasteiger partial charge < -0.3 is 25.3 Å². The predicted octanol–water partition coefficient (Wildman–Crippen LogP) is 3.22. The molecule has 138 valence electrons. The van der Waals surface area contributed by atoms with Crippen LogP contribution in [0.25, 0.3) is 0 Å². The molecular formula is C20H25N3O3. The molecule has 0 saturated carbocycles. The second-order valence-electron chi connectivity index (χ2n) is 5.89. The molecule has 26 heavy (non-hydrogen) atoms. The van der Waals surface area contributed by atoms with Crippen molar-refractivity contribution in [1.82, 2.24) is 0 Å². The lowest BCUT2D eigenvalue weighted by Gasteiger charge is -2.11. The highest BCUT2D eigenvalue weighted by Gasteiger charge is 2.11. The maximum absolute atomic E-state index is 6.01. The van der Waals surface area contributed by atoms with E-state index >= 15 is 0 Å². The van der Waals surface area contributed by atoms with Gasteiger partial charge in [-0.25, -0.2) is 0 Å². The van der Waals surface area contributed by atoms with Gasteiger partial charge in [0.1, 0.15) is 5.75 Å². The average molecular weight is 355 g/mol. The van der Waals surface area contributed by atoms with Crippen molar-refractivity contribution in [3.63, 3.8) is 0 Å². The van der Waals surface area contributed by atoms with Crippen LogP contribution in [0, 0.1) is 0 Å². The molecule has 6 nitrogen and oxygen atoms in total. The third-order valence-corrected chi connectivity index (χ3v) is 3.96. The van der Waals surface area contributed by atoms with Crippen molar-refractivity contribution in [3.8, 4) is 17.2 Å². The van der Waals surface area contributed by atoms with E-state index in [-0.39, 0.29) is 0 Å². The van der Waals surface area contributed by atoms with Crippen LogP contribution in [0.3, 0.4) is 0 Å². The average Bonchev–Trinajstić information content (AvgIpc) is 2.88. The lowest BCUT2D eigenvalue weighted by Crippen LogP contribution is -2.23. The van der Waals surface area contributed by atoms with Gasteiger partial charge in [0.05, 0.1) is 19.8 Å². The van der Waals surface area contributed by atoms with Crippen LogP contribution in [0.2, 0.25) is 0 Å². The van der Waals surface area contributed by atoms with Crippen LogP contribution in [0.1, 0.15) is 18.9 Å². The monoisotopic (exact) mass is 355 g/mol. The van der Waals surface area contributed by atoms with Gasteiger partial charge in [0.25, 0.3) is 0 Å². The minimum Gasteiger partial charge on any atom is -0.494 e. The van der Waals surface area contributed by atoms with Crippen LogP contribution in [0.4, 0.5) is 5.69 Å². The van der Waals surface area contributed by atoms with Gasteiger partial charge >= 0.3 is 0 Å². The molecule has 0 bridgehead atoms. The molecule has 6 heteroatoms. The van der Waals surface area contributed by atoms with Gasteiger partial charge in [-0.1, -0.05) is 18.2 Å². The number of nitrogens with zero attached hydrogens (tertiary/aromatic N) is 1. The summed E-state index contributed by atoms with van der Waals surface area (Å²) in [6.45, 7) is 4.53. The molecule has 1 aliphatic rings. The maximum atomic E-state index is 6.01. The fraction of sp³-hybridized carbons (Fsp3) is 0.350. The lowest BCUT2D eigenvalue weighted by atomic mass is 10.1. The number of rotatable bonds is 6. The largest absolute Gasteiger partial charge is 0.494 e. The second-order valence-corrected chi connectivity index (χ2v) is 5.89. The Morgan fingerprint density at radius 3 is 2.81 bits per heavy atom. The summed E-state index contributed by atoms with van der Waals surface area (Å²) in [5.74, 6) is 2.76. The van der Waals surface area contributed by atoms with Crippen LogP contribution in [0.5, 0.6) is 17.2 Å². The molecule has 0 amide bonds. The van der Waals surface area contributed by atoms with E-state index in [1.165, 1.54) is 0 Å². The van der Waals surface area contributed by atoms with Crippen LogP contribution < -0.4 is 25.3 Å². The standard InChI is InChI=1S/C20H25N3O3/c1-2-24-17-7-4-3-6-15(17)10-11-22-20(21)23-16-8-9-18-19(14-16)26-13-5-12-25-18/h3-4,6-9,14H,2,5,10-13H2,1H3,(H3,21,22,23). The fourth-order valence-electron chi connectivity index (χ4n) is 2.73. The van der Waals surface area contributed by atoms with Crippen molar-refractivity contribution in [2.24, 2.45) is 10.7 Å². The van der Waals surface area contributed by atoms with Gasteiger partial charge in [0.15, 0.2) is 17.5 Å². The molecule has 2 aromatic carbocycles. The van der Waals surface area contributed by atoms with Crippen LogP contribution in [-0.2, 0) is 6.42 Å². The number of nitrogens with one attached hydrogen (secondary N) is 1. The fourth-order valence-corrected chi connectivity index (χ4v) is 2.73. The zero-order valence-corrected chi connectivity index (χ0v) is 15.0. The van der Waals surface area contributed by atoms with Crippen LogP contribution in [0.15, 0.2) is 47.5 Å². The predicted molar refractivity (Wildman–Crippen MR) is 103 cm³/mol. The molecule has 0 radical (unpaired) electrons. The molecule has 2 aromatic rings. The molecule has 1 heterocycles. The van der Waals surface area contributed by atoms with Gasteiger partial charge in [-0.2, -0.15) is 0 Å². The number of benzene rings is 2. The van der Waals surface area contributed by atoms with Crippen LogP contribution >= 0.6 is 0 Å². The van der Waals surface area contributed by atoms with E-state index in [4.69, 9.17) is 19.9 Å². The molecule has 1 aliphatic heterocycles. The summed E-state index contributed by atoms with van der Waals surface area (Å²) in [6, 6.07) is 13.7. The third-order valence-electron chi connectivity index (χ3n) is 3.96. The minimum absolute atomic E-state index is 0.369. The van der Waals surface area contributed by atoms with Gasteiger partial charge in [0, 0.05) is 24.7 Å². The first-order chi connectivity index (χ1) is 12.8. The molecule has 0 aliphatic carbocycles. The number of nitrogens with two attached hydrogens (primary N) is 1. The van der Waals surface area contributed by atoms with Crippen molar-refractivity contribution in [2.75, 3.05) is 31.7 Å².